The Morgan fingerprint density at radius 1 is 1.24 bits per heavy atom. The van der Waals surface area contributed by atoms with Gasteiger partial charge in [-0.15, -0.1) is 0 Å². The lowest BCUT2D eigenvalue weighted by atomic mass is 10.0. The van der Waals surface area contributed by atoms with Gasteiger partial charge in [-0.05, 0) is 12.8 Å². The summed E-state index contributed by atoms with van der Waals surface area (Å²) in [6.07, 6.45) is 4.44. The van der Waals surface area contributed by atoms with Gasteiger partial charge in [0.05, 0.1) is 5.92 Å². The van der Waals surface area contributed by atoms with Crippen LogP contribution in [0.3, 0.4) is 0 Å². The highest BCUT2D eigenvalue weighted by Crippen LogP contribution is 2.07. The molecule has 1 aliphatic rings. The van der Waals surface area contributed by atoms with Gasteiger partial charge in [-0.3, -0.25) is 24.1 Å². The summed E-state index contributed by atoms with van der Waals surface area (Å²) in [6.45, 7) is 2.19. The number of carboxylic acids is 1. The molecule has 1 aliphatic heterocycles. The predicted octanol–water partition coefficient (Wildman–Crippen LogP) is 0.309. The molecule has 0 radical (unpaired) electrons. The number of nitrogens with zero attached hydrogens (tertiary/aromatic N) is 1. The quantitative estimate of drug-likeness (QED) is 0.471. The number of carboxylic acid groups (broad SMARTS) is 1. The SMILES string of the molecule is C[C@@H](CCCCNC(=O)CCN1C(=O)C=CC1=O)C(=O)O. The zero-order chi connectivity index (χ0) is 15.8. The molecule has 0 aromatic carbocycles. The van der Waals surface area contributed by atoms with Gasteiger partial charge in [-0.2, -0.15) is 0 Å². The third-order valence-electron chi connectivity index (χ3n) is 3.27. The number of rotatable bonds is 9. The number of carbonyl (C=O) groups is 4. The van der Waals surface area contributed by atoms with Crippen molar-refractivity contribution in [1.29, 1.82) is 0 Å². The third-order valence-corrected chi connectivity index (χ3v) is 3.27. The molecule has 0 spiro atoms. The molecular formula is C14H20N2O5. The van der Waals surface area contributed by atoms with E-state index in [1.54, 1.807) is 6.92 Å². The number of hydrogen-bond acceptors (Lipinski definition) is 4. The molecule has 2 N–H and O–H groups in total. The Morgan fingerprint density at radius 2 is 1.86 bits per heavy atom. The molecule has 0 aromatic rings. The van der Waals surface area contributed by atoms with Crippen molar-refractivity contribution in [2.24, 2.45) is 5.92 Å². The van der Waals surface area contributed by atoms with Crippen LogP contribution in [0.25, 0.3) is 0 Å². The highest BCUT2D eigenvalue weighted by molar-refractivity contribution is 6.13. The first-order chi connectivity index (χ1) is 9.91. The van der Waals surface area contributed by atoms with Crippen LogP contribution in [0, 0.1) is 5.92 Å². The molecule has 0 saturated heterocycles. The van der Waals surface area contributed by atoms with E-state index >= 15 is 0 Å². The Bertz CT molecular complexity index is 440. The number of unbranched alkanes of at least 4 members (excludes halogenated alkanes) is 1. The first-order valence-corrected chi connectivity index (χ1v) is 6.95. The summed E-state index contributed by atoms with van der Waals surface area (Å²) in [5.74, 6) is -2.20. The monoisotopic (exact) mass is 296 g/mol. The second-order valence-corrected chi connectivity index (χ2v) is 5.00. The highest BCUT2D eigenvalue weighted by Gasteiger charge is 2.23. The van der Waals surface area contributed by atoms with Crippen molar-refractivity contribution in [3.05, 3.63) is 12.2 Å². The third kappa shape index (κ3) is 5.76. The van der Waals surface area contributed by atoms with Crippen LogP contribution in [0.2, 0.25) is 0 Å². The fraction of sp³-hybridized carbons (Fsp3) is 0.571. The molecule has 21 heavy (non-hydrogen) atoms. The minimum absolute atomic E-state index is 0.0741. The van der Waals surface area contributed by atoms with Gasteiger partial charge in [0.25, 0.3) is 11.8 Å². The van der Waals surface area contributed by atoms with Crippen LogP contribution >= 0.6 is 0 Å². The second-order valence-electron chi connectivity index (χ2n) is 5.00. The maximum absolute atomic E-state index is 11.5. The van der Waals surface area contributed by atoms with E-state index in [2.05, 4.69) is 5.32 Å². The fourth-order valence-corrected chi connectivity index (χ4v) is 1.88. The van der Waals surface area contributed by atoms with Crippen molar-refractivity contribution in [3.8, 4) is 0 Å². The van der Waals surface area contributed by atoms with Crippen LogP contribution < -0.4 is 5.32 Å². The van der Waals surface area contributed by atoms with Crippen molar-refractivity contribution < 1.29 is 24.3 Å². The molecule has 0 fully saturated rings. The molecule has 0 saturated carbocycles. The van der Waals surface area contributed by atoms with Crippen LogP contribution in [0.15, 0.2) is 12.2 Å². The van der Waals surface area contributed by atoms with Gasteiger partial charge in [0.1, 0.15) is 0 Å². The summed E-state index contributed by atoms with van der Waals surface area (Å²) in [5, 5.41) is 11.4. The smallest absolute Gasteiger partial charge is 0.306 e. The van der Waals surface area contributed by atoms with Gasteiger partial charge >= 0.3 is 5.97 Å². The molecule has 0 bridgehead atoms. The van der Waals surface area contributed by atoms with Crippen LogP contribution in [-0.2, 0) is 19.2 Å². The minimum Gasteiger partial charge on any atom is -0.481 e. The van der Waals surface area contributed by atoms with E-state index in [4.69, 9.17) is 5.11 Å². The topological polar surface area (TPSA) is 104 Å². The molecule has 7 nitrogen and oxygen atoms in total. The number of imide groups is 1. The van der Waals surface area contributed by atoms with E-state index in [1.165, 1.54) is 12.2 Å². The van der Waals surface area contributed by atoms with E-state index in [-0.39, 0.29) is 24.8 Å². The highest BCUT2D eigenvalue weighted by atomic mass is 16.4. The van der Waals surface area contributed by atoms with Crippen LogP contribution in [0.1, 0.15) is 32.6 Å². The van der Waals surface area contributed by atoms with E-state index in [0.29, 0.717) is 19.4 Å². The Kier molecular flexibility index (Phi) is 6.58. The van der Waals surface area contributed by atoms with Gasteiger partial charge in [0.2, 0.25) is 5.91 Å². The lowest BCUT2D eigenvalue weighted by molar-refractivity contribution is -0.141. The number of nitrogens with one attached hydrogen (secondary N) is 1. The zero-order valence-electron chi connectivity index (χ0n) is 12.0. The second kappa shape index (κ2) is 8.18. The molecule has 1 heterocycles. The number of carbonyl (C=O) groups excluding carboxylic acids is 3. The van der Waals surface area contributed by atoms with Gasteiger partial charge in [-0.25, -0.2) is 0 Å². The van der Waals surface area contributed by atoms with Crippen LogP contribution in [0.4, 0.5) is 0 Å². The Labute approximate surface area is 123 Å². The normalized spacial score (nSPS) is 15.4. The summed E-state index contributed by atoms with van der Waals surface area (Å²) in [4.78, 5) is 45.7. The summed E-state index contributed by atoms with van der Waals surface area (Å²) in [6, 6.07) is 0. The van der Waals surface area contributed by atoms with Gasteiger partial charge in [-0.1, -0.05) is 13.3 Å². The Hall–Kier alpha value is -2.18. The zero-order valence-corrected chi connectivity index (χ0v) is 12.0. The summed E-state index contributed by atoms with van der Waals surface area (Å²) < 4.78 is 0. The van der Waals surface area contributed by atoms with Crippen LogP contribution in [0.5, 0.6) is 0 Å². The van der Waals surface area contributed by atoms with Crippen LogP contribution in [-0.4, -0.2) is 46.8 Å². The molecule has 0 aromatic heterocycles. The summed E-state index contributed by atoms with van der Waals surface area (Å²) in [7, 11) is 0. The number of aliphatic carboxylic acids is 1. The molecular weight excluding hydrogens is 276 g/mol. The number of amides is 3. The lowest BCUT2D eigenvalue weighted by Gasteiger charge is -2.13. The van der Waals surface area contributed by atoms with Gasteiger partial charge in [0.15, 0.2) is 0 Å². The Balaban J connectivity index is 2.08. The molecule has 7 heteroatoms. The van der Waals surface area contributed by atoms with Crippen molar-refractivity contribution in [1.82, 2.24) is 10.2 Å². The average molecular weight is 296 g/mol. The lowest BCUT2D eigenvalue weighted by Crippen LogP contribution is -2.34. The largest absolute Gasteiger partial charge is 0.481 e. The average Bonchev–Trinajstić information content (AvgIpc) is 2.75. The maximum Gasteiger partial charge on any atom is 0.306 e. The molecule has 0 unspecified atom stereocenters. The minimum atomic E-state index is -0.812. The first-order valence-electron chi connectivity index (χ1n) is 6.95. The summed E-state index contributed by atoms with van der Waals surface area (Å²) >= 11 is 0. The van der Waals surface area contributed by atoms with E-state index in [0.717, 1.165) is 11.3 Å². The maximum atomic E-state index is 11.5. The van der Waals surface area contributed by atoms with Crippen molar-refractivity contribution in [2.75, 3.05) is 13.1 Å². The molecule has 1 atom stereocenters. The van der Waals surface area contributed by atoms with E-state index in [9.17, 15) is 19.2 Å². The van der Waals surface area contributed by atoms with Crippen molar-refractivity contribution >= 4 is 23.7 Å². The molecule has 0 aliphatic carbocycles. The predicted molar refractivity (Wildman–Crippen MR) is 74.1 cm³/mol. The van der Waals surface area contributed by atoms with E-state index in [1.807, 2.05) is 0 Å². The molecule has 1 rings (SSSR count). The molecule has 3 amide bonds. The van der Waals surface area contributed by atoms with Gasteiger partial charge < -0.3 is 10.4 Å². The Morgan fingerprint density at radius 3 is 2.43 bits per heavy atom. The van der Waals surface area contributed by atoms with Gasteiger partial charge in [0, 0.05) is 31.7 Å². The van der Waals surface area contributed by atoms with Crippen molar-refractivity contribution in [3.63, 3.8) is 0 Å². The van der Waals surface area contributed by atoms with Crippen molar-refractivity contribution in [2.45, 2.75) is 32.6 Å². The van der Waals surface area contributed by atoms with E-state index < -0.39 is 17.8 Å². The molecule has 116 valence electrons. The standard InChI is InChI=1S/C14H20N2O5/c1-10(14(20)21)4-2-3-8-15-11(17)7-9-16-12(18)5-6-13(16)19/h5-6,10H,2-4,7-9H2,1H3,(H,15,17)(H,20,21)/t10-/m0/s1. The first kappa shape index (κ1) is 16.9. The summed E-state index contributed by atoms with van der Waals surface area (Å²) in [5.41, 5.74) is 0. The number of hydrogen-bond donors (Lipinski definition) is 2. The fourth-order valence-electron chi connectivity index (χ4n) is 1.88.